The van der Waals surface area contributed by atoms with Gasteiger partial charge in [-0.25, -0.2) is 4.98 Å². The van der Waals surface area contributed by atoms with Crippen LogP contribution in [0.2, 0.25) is 0 Å². The molecule has 4 heteroatoms. The van der Waals surface area contributed by atoms with Crippen molar-refractivity contribution in [2.45, 2.75) is 32.2 Å². The first-order valence-corrected chi connectivity index (χ1v) is 5.20. The number of hydrogen-bond acceptors (Lipinski definition) is 4. The average Bonchev–Trinajstić information content (AvgIpc) is 2.65. The number of oxazole rings is 1. The molecule has 0 aromatic carbocycles. The molecule has 1 aromatic rings. The Morgan fingerprint density at radius 3 is 3.14 bits per heavy atom. The lowest BCUT2D eigenvalue weighted by Gasteiger charge is -2.33. The number of nitrogens with two attached hydrogens (primary N) is 1. The van der Waals surface area contributed by atoms with Crippen molar-refractivity contribution in [2.75, 3.05) is 18.0 Å². The van der Waals surface area contributed by atoms with Crippen LogP contribution in [0, 0.1) is 6.92 Å². The van der Waals surface area contributed by atoms with Crippen molar-refractivity contribution in [1.82, 2.24) is 4.98 Å². The number of aromatic nitrogens is 1. The van der Waals surface area contributed by atoms with E-state index in [0.717, 1.165) is 24.7 Å². The fourth-order valence-corrected chi connectivity index (χ4v) is 1.97. The van der Waals surface area contributed by atoms with Crippen molar-refractivity contribution >= 4 is 6.01 Å². The maximum atomic E-state index is 5.73. The molecular formula is C10H17N3O. The van der Waals surface area contributed by atoms with Gasteiger partial charge in [-0.05, 0) is 26.2 Å². The monoisotopic (exact) mass is 195 g/mol. The minimum absolute atomic E-state index is 0.404. The molecule has 2 heterocycles. The molecule has 1 atom stereocenters. The van der Waals surface area contributed by atoms with Crippen LogP contribution in [0.1, 0.15) is 25.0 Å². The fourth-order valence-electron chi connectivity index (χ4n) is 1.97. The van der Waals surface area contributed by atoms with Crippen LogP contribution in [0.15, 0.2) is 10.6 Å². The van der Waals surface area contributed by atoms with Crippen molar-refractivity contribution in [3.63, 3.8) is 0 Å². The van der Waals surface area contributed by atoms with E-state index >= 15 is 0 Å². The third kappa shape index (κ3) is 1.75. The molecule has 1 aliphatic rings. The van der Waals surface area contributed by atoms with Gasteiger partial charge in [0.15, 0.2) is 0 Å². The number of anilines is 1. The first kappa shape index (κ1) is 9.52. The maximum Gasteiger partial charge on any atom is 0.297 e. The topological polar surface area (TPSA) is 55.3 Å². The lowest BCUT2D eigenvalue weighted by Crippen LogP contribution is -2.44. The summed E-state index contributed by atoms with van der Waals surface area (Å²) in [7, 11) is 0. The van der Waals surface area contributed by atoms with E-state index in [2.05, 4.69) is 9.88 Å². The molecule has 2 N–H and O–H groups in total. The van der Waals surface area contributed by atoms with Gasteiger partial charge < -0.3 is 15.1 Å². The van der Waals surface area contributed by atoms with Crippen molar-refractivity contribution in [2.24, 2.45) is 5.73 Å². The Morgan fingerprint density at radius 2 is 2.50 bits per heavy atom. The molecule has 0 spiro atoms. The largest absolute Gasteiger partial charge is 0.429 e. The van der Waals surface area contributed by atoms with E-state index in [0.29, 0.717) is 12.6 Å². The van der Waals surface area contributed by atoms with Crippen LogP contribution in [-0.4, -0.2) is 24.1 Å². The van der Waals surface area contributed by atoms with Gasteiger partial charge in [0.05, 0.1) is 6.20 Å². The second-order valence-corrected chi connectivity index (χ2v) is 3.83. The molecule has 1 unspecified atom stereocenters. The quantitative estimate of drug-likeness (QED) is 0.772. The zero-order valence-electron chi connectivity index (χ0n) is 8.57. The van der Waals surface area contributed by atoms with Crippen LogP contribution in [0.4, 0.5) is 6.01 Å². The van der Waals surface area contributed by atoms with Gasteiger partial charge >= 0.3 is 0 Å². The molecule has 14 heavy (non-hydrogen) atoms. The van der Waals surface area contributed by atoms with Gasteiger partial charge in [0.2, 0.25) is 0 Å². The standard InChI is InChI=1S/C10H17N3O/c1-8-7-12-10(14-8)13-5-3-2-4-9(13)6-11/h7,9H,2-6,11H2,1H3. The zero-order chi connectivity index (χ0) is 9.97. The van der Waals surface area contributed by atoms with E-state index < -0.39 is 0 Å². The van der Waals surface area contributed by atoms with Crippen molar-refractivity contribution in [3.05, 3.63) is 12.0 Å². The first-order valence-electron chi connectivity index (χ1n) is 5.20. The molecule has 0 aliphatic carbocycles. The number of rotatable bonds is 2. The molecule has 0 saturated carbocycles. The first-order chi connectivity index (χ1) is 6.81. The predicted molar refractivity (Wildman–Crippen MR) is 55.3 cm³/mol. The highest BCUT2D eigenvalue weighted by molar-refractivity contribution is 5.29. The van der Waals surface area contributed by atoms with Gasteiger partial charge in [0.1, 0.15) is 5.76 Å². The Morgan fingerprint density at radius 1 is 1.64 bits per heavy atom. The van der Waals surface area contributed by atoms with Crippen molar-refractivity contribution < 1.29 is 4.42 Å². The third-order valence-electron chi connectivity index (χ3n) is 2.75. The number of hydrogen-bond donors (Lipinski definition) is 1. The lowest BCUT2D eigenvalue weighted by molar-refractivity contribution is 0.415. The predicted octanol–water partition coefficient (Wildman–Crippen LogP) is 1.30. The Bertz CT molecular complexity index is 297. The fraction of sp³-hybridized carbons (Fsp3) is 0.700. The molecule has 1 aliphatic heterocycles. The van der Waals surface area contributed by atoms with Crippen LogP contribution in [0.25, 0.3) is 0 Å². The summed E-state index contributed by atoms with van der Waals surface area (Å²) >= 11 is 0. The van der Waals surface area contributed by atoms with Gasteiger partial charge in [-0.3, -0.25) is 0 Å². The molecule has 1 saturated heterocycles. The van der Waals surface area contributed by atoms with Gasteiger partial charge in [-0.15, -0.1) is 0 Å². The van der Waals surface area contributed by atoms with E-state index in [1.54, 1.807) is 6.20 Å². The second kappa shape index (κ2) is 4.00. The van der Waals surface area contributed by atoms with Crippen LogP contribution < -0.4 is 10.6 Å². The van der Waals surface area contributed by atoms with E-state index in [1.807, 2.05) is 6.92 Å². The van der Waals surface area contributed by atoms with Crippen LogP contribution >= 0.6 is 0 Å². The molecule has 78 valence electrons. The molecule has 4 nitrogen and oxygen atoms in total. The van der Waals surface area contributed by atoms with Crippen molar-refractivity contribution in [3.8, 4) is 0 Å². The highest BCUT2D eigenvalue weighted by atomic mass is 16.4. The third-order valence-corrected chi connectivity index (χ3v) is 2.75. The summed E-state index contributed by atoms with van der Waals surface area (Å²) in [6.45, 7) is 3.61. The Kier molecular flexibility index (Phi) is 2.72. The summed E-state index contributed by atoms with van der Waals surface area (Å²) in [4.78, 5) is 6.43. The van der Waals surface area contributed by atoms with E-state index in [1.165, 1.54) is 12.8 Å². The summed E-state index contributed by atoms with van der Waals surface area (Å²) < 4.78 is 5.51. The molecule has 1 fully saturated rings. The second-order valence-electron chi connectivity index (χ2n) is 3.83. The molecule has 1 aromatic heterocycles. The lowest BCUT2D eigenvalue weighted by atomic mass is 10.0. The van der Waals surface area contributed by atoms with Crippen LogP contribution in [0.3, 0.4) is 0 Å². The van der Waals surface area contributed by atoms with Gasteiger partial charge in [-0.1, -0.05) is 0 Å². The number of nitrogens with zero attached hydrogens (tertiary/aromatic N) is 2. The summed E-state index contributed by atoms with van der Waals surface area (Å²) in [6, 6.07) is 1.14. The number of piperidine rings is 1. The van der Waals surface area contributed by atoms with Gasteiger partial charge in [-0.2, -0.15) is 0 Å². The highest BCUT2D eigenvalue weighted by Crippen LogP contribution is 2.23. The minimum Gasteiger partial charge on any atom is -0.429 e. The smallest absolute Gasteiger partial charge is 0.297 e. The molecule has 0 bridgehead atoms. The Labute approximate surface area is 84.1 Å². The Balaban J connectivity index is 2.14. The Hall–Kier alpha value is -1.03. The van der Waals surface area contributed by atoms with E-state index in [4.69, 9.17) is 10.2 Å². The molecule has 0 amide bonds. The van der Waals surface area contributed by atoms with E-state index in [-0.39, 0.29) is 0 Å². The molecule has 0 radical (unpaired) electrons. The molecule has 2 rings (SSSR count). The van der Waals surface area contributed by atoms with E-state index in [9.17, 15) is 0 Å². The van der Waals surface area contributed by atoms with Crippen molar-refractivity contribution in [1.29, 1.82) is 0 Å². The number of aryl methyl sites for hydroxylation is 1. The van der Waals surface area contributed by atoms with Gasteiger partial charge in [0, 0.05) is 19.1 Å². The summed E-state index contributed by atoms with van der Waals surface area (Å²) in [5, 5.41) is 0. The summed E-state index contributed by atoms with van der Waals surface area (Å²) in [6.07, 6.45) is 5.38. The maximum absolute atomic E-state index is 5.73. The summed E-state index contributed by atoms with van der Waals surface area (Å²) in [5.41, 5.74) is 5.73. The van der Waals surface area contributed by atoms with Crippen LogP contribution in [0.5, 0.6) is 0 Å². The molecular weight excluding hydrogens is 178 g/mol. The summed E-state index contributed by atoms with van der Waals surface area (Å²) in [5.74, 6) is 0.862. The highest BCUT2D eigenvalue weighted by Gasteiger charge is 2.24. The zero-order valence-corrected chi connectivity index (χ0v) is 8.57. The normalized spacial score (nSPS) is 22.7. The minimum atomic E-state index is 0.404. The van der Waals surface area contributed by atoms with Gasteiger partial charge in [0.25, 0.3) is 6.01 Å². The SMILES string of the molecule is Cc1cnc(N2CCCCC2CN)o1. The average molecular weight is 195 g/mol. The van der Waals surface area contributed by atoms with Crippen LogP contribution in [-0.2, 0) is 0 Å².